The Balaban J connectivity index is 2.35. The average molecular weight is 380 g/mol. The molecule has 0 aliphatic heterocycles. The molecule has 0 radical (unpaired) electrons. The summed E-state index contributed by atoms with van der Waals surface area (Å²) in [5.74, 6) is 0.714. The van der Waals surface area contributed by atoms with Crippen molar-refractivity contribution in [3.63, 3.8) is 0 Å². The summed E-state index contributed by atoms with van der Waals surface area (Å²) in [6.45, 7) is 1.72. The molecule has 1 aromatic carbocycles. The quantitative estimate of drug-likeness (QED) is 0.854. The summed E-state index contributed by atoms with van der Waals surface area (Å²) >= 11 is 9.10. The smallest absolute Gasteiger partial charge is 0.265 e. The van der Waals surface area contributed by atoms with Gasteiger partial charge >= 0.3 is 0 Å². The highest BCUT2D eigenvalue weighted by Gasteiger charge is 2.21. The van der Waals surface area contributed by atoms with Gasteiger partial charge in [-0.2, -0.15) is 0 Å². The van der Waals surface area contributed by atoms with E-state index in [-0.39, 0.29) is 11.4 Å². The Labute approximate surface area is 130 Å². The molecule has 0 unspecified atom stereocenters. The van der Waals surface area contributed by atoms with Gasteiger partial charge in [-0.25, -0.2) is 8.42 Å². The van der Waals surface area contributed by atoms with Crippen molar-refractivity contribution in [2.45, 2.75) is 18.4 Å². The number of anilines is 1. The van der Waals surface area contributed by atoms with Crippen LogP contribution >= 0.6 is 27.5 Å². The van der Waals surface area contributed by atoms with Gasteiger partial charge in [-0.15, -0.1) is 0 Å². The summed E-state index contributed by atoms with van der Waals surface area (Å²) in [4.78, 5) is 0.0732. The maximum absolute atomic E-state index is 12.3. The normalized spacial score (nSPS) is 11.6. The third-order valence-corrected chi connectivity index (χ3v) is 5.29. The Hall–Kier alpha value is -1.02. The first-order valence-electron chi connectivity index (χ1n) is 5.60. The van der Waals surface area contributed by atoms with E-state index < -0.39 is 10.0 Å². The minimum Gasteiger partial charge on any atom is -0.464 e. The minimum absolute atomic E-state index is 0.0732. The topological polar surface area (TPSA) is 85.3 Å². The molecule has 0 spiro atoms. The molecule has 0 atom stereocenters. The van der Waals surface area contributed by atoms with Crippen molar-refractivity contribution >= 4 is 43.2 Å². The molecular weight excluding hydrogens is 368 g/mol. The van der Waals surface area contributed by atoms with Crippen molar-refractivity contribution in [1.82, 2.24) is 0 Å². The molecule has 1 heterocycles. The van der Waals surface area contributed by atoms with Crippen molar-refractivity contribution < 1.29 is 12.8 Å². The number of furan rings is 1. The van der Waals surface area contributed by atoms with Crippen molar-refractivity contribution in [2.75, 3.05) is 4.72 Å². The van der Waals surface area contributed by atoms with E-state index in [9.17, 15) is 8.42 Å². The summed E-state index contributed by atoms with van der Waals surface area (Å²) in [7, 11) is -3.73. The van der Waals surface area contributed by atoms with Crippen LogP contribution in [0.2, 0.25) is 5.02 Å². The molecule has 0 amide bonds. The Bertz CT molecular complexity index is 743. The van der Waals surface area contributed by atoms with Crippen LogP contribution < -0.4 is 10.5 Å². The van der Waals surface area contributed by atoms with Crippen LogP contribution in [0.15, 0.2) is 38.1 Å². The second-order valence-electron chi connectivity index (χ2n) is 4.07. The van der Waals surface area contributed by atoms with Crippen LogP contribution in [0.3, 0.4) is 0 Å². The number of halogens is 2. The third-order valence-electron chi connectivity index (χ3n) is 2.59. The van der Waals surface area contributed by atoms with Crippen molar-refractivity contribution in [2.24, 2.45) is 5.73 Å². The van der Waals surface area contributed by atoms with E-state index in [0.29, 0.717) is 26.7 Å². The molecule has 5 nitrogen and oxygen atoms in total. The van der Waals surface area contributed by atoms with E-state index in [1.165, 1.54) is 6.07 Å². The molecule has 2 rings (SSSR count). The molecule has 0 aliphatic rings. The second kappa shape index (κ2) is 5.77. The number of nitrogens with one attached hydrogen (secondary N) is 1. The van der Waals surface area contributed by atoms with Gasteiger partial charge in [-0.1, -0.05) is 11.6 Å². The van der Waals surface area contributed by atoms with Gasteiger partial charge in [0.2, 0.25) is 0 Å². The van der Waals surface area contributed by atoms with Crippen LogP contribution in [0.5, 0.6) is 0 Å². The minimum atomic E-state index is -3.73. The number of nitrogens with two attached hydrogens (primary N) is 1. The van der Waals surface area contributed by atoms with Gasteiger partial charge in [0.1, 0.15) is 16.4 Å². The molecule has 0 fully saturated rings. The number of benzene rings is 1. The molecule has 0 bridgehead atoms. The van der Waals surface area contributed by atoms with Gasteiger partial charge in [0.15, 0.2) is 0 Å². The third kappa shape index (κ3) is 3.17. The Morgan fingerprint density at radius 1 is 1.40 bits per heavy atom. The summed E-state index contributed by atoms with van der Waals surface area (Å²) in [5, 5.41) is 0.498. The van der Waals surface area contributed by atoms with Gasteiger partial charge in [-0.05, 0) is 41.1 Å². The summed E-state index contributed by atoms with van der Waals surface area (Å²) < 4.78 is 32.9. The lowest BCUT2D eigenvalue weighted by Crippen LogP contribution is -2.13. The van der Waals surface area contributed by atoms with Gasteiger partial charge in [-0.3, -0.25) is 4.72 Å². The summed E-state index contributed by atoms with van der Waals surface area (Å²) in [6, 6.07) is 6.17. The first kappa shape index (κ1) is 15.4. The average Bonchev–Trinajstić information content (AvgIpc) is 2.76. The Kier molecular flexibility index (Phi) is 4.43. The van der Waals surface area contributed by atoms with E-state index in [0.717, 1.165) is 0 Å². The zero-order chi connectivity index (χ0) is 14.9. The highest BCUT2D eigenvalue weighted by molar-refractivity contribution is 9.10. The van der Waals surface area contributed by atoms with E-state index in [2.05, 4.69) is 20.7 Å². The lowest BCUT2D eigenvalue weighted by atomic mass is 10.3. The standard InChI is InChI=1S/C12H12BrClN2O3S/c1-7-12(5-9(6-15)19-7)20(17,18)16-8-2-3-11(14)10(13)4-8/h2-5,16H,6,15H2,1H3. The predicted molar refractivity (Wildman–Crippen MR) is 81.3 cm³/mol. The van der Waals surface area contributed by atoms with E-state index in [1.54, 1.807) is 25.1 Å². The van der Waals surface area contributed by atoms with Crippen molar-refractivity contribution in [3.05, 3.63) is 45.3 Å². The highest BCUT2D eigenvalue weighted by atomic mass is 79.9. The van der Waals surface area contributed by atoms with Gasteiger partial charge in [0.05, 0.1) is 17.3 Å². The van der Waals surface area contributed by atoms with Crippen LogP contribution in [0.1, 0.15) is 11.5 Å². The first-order valence-corrected chi connectivity index (χ1v) is 8.26. The van der Waals surface area contributed by atoms with Crippen molar-refractivity contribution in [3.8, 4) is 0 Å². The predicted octanol–water partition coefficient (Wildman–Crippen LogP) is 3.26. The first-order chi connectivity index (χ1) is 9.33. The number of hydrogen-bond donors (Lipinski definition) is 2. The monoisotopic (exact) mass is 378 g/mol. The number of sulfonamides is 1. The van der Waals surface area contributed by atoms with E-state index >= 15 is 0 Å². The van der Waals surface area contributed by atoms with Crippen LogP contribution in [0.25, 0.3) is 0 Å². The molecule has 0 aliphatic carbocycles. The molecule has 3 N–H and O–H groups in total. The Morgan fingerprint density at radius 2 is 2.10 bits per heavy atom. The molecule has 8 heteroatoms. The molecule has 0 saturated heterocycles. The fraction of sp³-hybridized carbons (Fsp3) is 0.167. The summed E-state index contributed by atoms with van der Waals surface area (Å²) in [6.07, 6.45) is 0. The molecule has 20 heavy (non-hydrogen) atoms. The lowest BCUT2D eigenvalue weighted by Gasteiger charge is -2.07. The number of rotatable bonds is 4. The maximum atomic E-state index is 12.3. The largest absolute Gasteiger partial charge is 0.464 e. The zero-order valence-corrected chi connectivity index (χ0v) is 13.6. The fourth-order valence-electron chi connectivity index (χ4n) is 1.66. The van der Waals surface area contributed by atoms with Crippen LogP contribution in [0.4, 0.5) is 5.69 Å². The van der Waals surface area contributed by atoms with Crippen molar-refractivity contribution in [1.29, 1.82) is 0 Å². The molecule has 1 aromatic heterocycles. The Morgan fingerprint density at radius 3 is 2.65 bits per heavy atom. The zero-order valence-electron chi connectivity index (χ0n) is 10.5. The summed E-state index contributed by atoms with van der Waals surface area (Å²) in [5.41, 5.74) is 5.83. The van der Waals surface area contributed by atoms with Crippen LogP contribution in [-0.2, 0) is 16.6 Å². The van der Waals surface area contributed by atoms with E-state index in [4.69, 9.17) is 21.8 Å². The van der Waals surface area contributed by atoms with Gasteiger partial charge in [0, 0.05) is 10.5 Å². The van der Waals surface area contributed by atoms with E-state index in [1.807, 2.05) is 0 Å². The maximum Gasteiger partial charge on any atom is 0.265 e. The van der Waals surface area contributed by atoms with Crippen LogP contribution in [0, 0.1) is 6.92 Å². The number of hydrogen-bond acceptors (Lipinski definition) is 4. The number of aryl methyl sites for hydroxylation is 1. The van der Waals surface area contributed by atoms with Crippen LogP contribution in [-0.4, -0.2) is 8.42 Å². The molecule has 108 valence electrons. The molecule has 0 saturated carbocycles. The molecular formula is C12H12BrClN2O3S. The van der Waals surface area contributed by atoms with Gasteiger partial charge < -0.3 is 10.2 Å². The fourth-order valence-corrected chi connectivity index (χ4v) is 3.41. The molecule has 2 aromatic rings. The second-order valence-corrected chi connectivity index (χ2v) is 6.98. The SMILES string of the molecule is Cc1oc(CN)cc1S(=O)(=O)Nc1ccc(Cl)c(Br)c1. The highest BCUT2D eigenvalue weighted by Crippen LogP contribution is 2.28. The lowest BCUT2D eigenvalue weighted by molar-refractivity contribution is 0.479. The van der Waals surface area contributed by atoms with Gasteiger partial charge in [0.25, 0.3) is 10.0 Å².